The van der Waals surface area contributed by atoms with Crippen molar-refractivity contribution in [2.45, 2.75) is 51.2 Å². The fourth-order valence-corrected chi connectivity index (χ4v) is 6.32. The van der Waals surface area contributed by atoms with Crippen LogP contribution in [0.15, 0.2) is 36.4 Å². The lowest BCUT2D eigenvalue weighted by Crippen LogP contribution is -2.37. The van der Waals surface area contributed by atoms with E-state index in [1.807, 2.05) is 30.3 Å². The molecule has 184 valence electrons. The van der Waals surface area contributed by atoms with E-state index in [9.17, 15) is 18.0 Å². The molecule has 1 amide bonds. The summed E-state index contributed by atoms with van der Waals surface area (Å²) in [4.78, 5) is 32.5. The molecule has 2 atom stereocenters. The van der Waals surface area contributed by atoms with Crippen LogP contribution >= 0.6 is 0 Å². The third kappa shape index (κ3) is 4.54. The standard InChI is InChI=1S/C25H28N4O5S/c1-15-22-20(25(31)34-16(2)24(30)28(3)18-7-5-4-6-8-18)13-21(17-9-10-17)26-23(22)29(27-15)19-11-12-35(32,33)14-19/h4-8,13,16-17,19H,9-12,14H2,1-3H3/t16-,19+/m0/s1. The monoisotopic (exact) mass is 496 g/mol. The predicted molar refractivity (Wildman–Crippen MR) is 131 cm³/mol. The van der Waals surface area contributed by atoms with Crippen molar-refractivity contribution in [1.29, 1.82) is 0 Å². The van der Waals surface area contributed by atoms with E-state index in [1.165, 1.54) is 4.90 Å². The zero-order valence-corrected chi connectivity index (χ0v) is 20.8. The fraction of sp³-hybridized carbons (Fsp3) is 0.440. The molecule has 2 aliphatic rings. The molecule has 0 unspecified atom stereocenters. The topological polar surface area (TPSA) is 111 Å². The van der Waals surface area contributed by atoms with Crippen molar-refractivity contribution in [3.63, 3.8) is 0 Å². The molecular formula is C25H28N4O5S. The second kappa shape index (κ2) is 8.75. The Kier molecular flexibility index (Phi) is 5.86. The first-order valence-electron chi connectivity index (χ1n) is 11.8. The van der Waals surface area contributed by atoms with Gasteiger partial charge >= 0.3 is 5.97 Å². The number of ether oxygens (including phenoxy) is 1. The van der Waals surface area contributed by atoms with Gasteiger partial charge in [-0.2, -0.15) is 5.10 Å². The van der Waals surface area contributed by atoms with Gasteiger partial charge in [0.2, 0.25) is 0 Å². The Labute approximate surface area is 204 Å². The Hall–Kier alpha value is -3.27. The van der Waals surface area contributed by atoms with Crippen molar-refractivity contribution >= 4 is 38.4 Å². The Morgan fingerprint density at radius 3 is 2.51 bits per heavy atom. The van der Waals surface area contributed by atoms with E-state index in [1.54, 1.807) is 31.6 Å². The molecule has 5 rings (SSSR count). The summed E-state index contributed by atoms with van der Waals surface area (Å²) in [6.45, 7) is 3.33. The number of carbonyl (C=O) groups excluding carboxylic acids is 2. The Morgan fingerprint density at radius 2 is 1.89 bits per heavy atom. The summed E-state index contributed by atoms with van der Waals surface area (Å²) in [7, 11) is -1.48. The highest BCUT2D eigenvalue weighted by atomic mass is 32.2. The lowest BCUT2D eigenvalue weighted by Gasteiger charge is -2.21. The minimum Gasteiger partial charge on any atom is -0.449 e. The summed E-state index contributed by atoms with van der Waals surface area (Å²) in [5.41, 5.74) is 2.86. The number of nitrogens with zero attached hydrogens (tertiary/aromatic N) is 4. The first-order valence-corrected chi connectivity index (χ1v) is 13.6. The number of rotatable bonds is 6. The van der Waals surface area contributed by atoms with Crippen LogP contribution in [0.2, 0.25) is 0 Å². The second-order valence-corrected chi connectivity index (χ2v) is 11.7. The summed E-state index contributed by atoms with van der Waals surface area (Å²) < 4.78 is 31.5. The number of benzene rings is 1. The SMILES string of the molecule is Cc1nn([C@@H]2CCS(=O)(=O)C2)c2nc(C3CC3)cc(C(=O)O[C@@H](C)C(=O)N(C)c3ccccc3)c12. The molecule has 3 aromatic rings. The van der Waals surface area contributed by atoms with E-state index in [-0.39, 0.29) is 29.4 Å². The number of amides is 1. The minimum atomic E-state index is -3.12. The van der Waals surface area contributed by atoms with E-state index in [0.29, 0.717) is 34.4 Å². The van der Waals surface area contributed by atoms with Crippen molar-refractivity contribution in [1.82, 2.24) is 14.8 Å². The zero-order valence-electron chi connectivity index (χ0n) is 20.0. The fourth-order valence-electron chi connectivity index (χ4n) is 4.63. The highest BCUT2D eigenvalue weighted by Gasteiger charge is 2.34. The molecule has 2 fully saturated rings. The maximum Gasteiger partial charge on any atom is 0.339 e. The van der Waals surface area contributed by atoms with Crippen molar-refractivity contribution in [3.8, 4) is 0 Å². The Balaban J connectivity index is 1.47. The Morgan fingerprint density at radius 1 is 1.17 bits per heavy atom. The van der Waals surface area contributed by atoms with Crippen LogP contribution in [0, 0.1) is 6.92 Å². The molecule has 3 heterocycles. The van der Waals surface area contributed by atoms with Crippen LogP contribution in [0.3, 0.4) is 0 Å². The number of likely N-dealkylation sites (N-methyl/N-ethyl adjacent to an activating group) is 1. The first-order chi connectivity index (χ1) is 16.6. The van der Waals surface area contributed by atoms with Gasteiger partial charge in [-0.05, 0) is 51.3 Å². The van der Waals surface area contributed by atoms with E-state index in [4.69, 9.17) is 9.72 Å². The van der Waals surface area contributed by atoms with Gasteiger partial charge in [0.15, 0.2) is 21.6 Å². The van der Waals surface area contributed by atoms with Gasteiger partial charge in [0.05, 0.1) is 34.2 Å². The van der Waals surface area contributed by atoms with Crippen LogP contribution in [0.5, 0.6) is 0 Å². The largest absolute Gasteiger partial charge is 0.449 e. The molecular weight excluding hydrogens is 468 g/mol. The highest BCUT2D eigenvalue weighted by molar-refractivity contribution is 7.91. The quantitative estimate of drug-likeness (QED) is 0.482. The molecule has 1 saturated carbocycles. The van der Waals surface area contributed by atoms with Gasteiger partial charge in [-0.1, -0.05) is 18.2 Å². The average molecular weight is 497 g/mol. The van der Waals surface area contributed by atoms with Crippen LogP contribution in [-0.2, 0) is 19.4 Å². The molecule has 0 radical (unpaired) electrons. The minimum absolute atomic E-state index is 0.00962. The van der Waals surface area contributed by atoms with E-state index >= 15 is 0 Å². The van der Waals surface area contributed by atoms with Crippen LogP contribution < -0.4 is 4.90 Å². The number of esters is 1. The lowest BCUT2D eigenvalue weighted by molar-refractivity contribution is -0.126. The number of carbonyl (C=O) groups is 2. The van der Waals surface area contributed by atoms with Gasteiger partial charge in [0, 0.05) is 24.3 Å². The molecule has 0 spiro atoms. The molecule has 0 N–H and O–H groups in total. The van der Waals surface area contributed by atoms with Crippen LogP contribution in [0.4, 0.5) is 5.69 Å². The van der Waals surface area contributed by atoms with Crippen LogP contribution in [0.1, 0.15) is 59.9 Å². The van der Waals surface area contributed by atoms with Crippen LogP contribution in [0.25, 0.3) is 11.0 Å². The molecule has 35 heavy (non-hydrogen) atoms. The lowest BCUT2D eigenvalue weighted by atomic mass is 10.1. The van der Waals surface area contributed by atoms with Crippen molar-refractivity contribution in [3.05, 3.63) is 53.3 Å². The first kappa shape index (κ1) is 23.5. The highest BCUT2D eigenvalue weighted by Crippen LogP contribution is 2.41. The molecule has 9 nitrogen and oxygen atoms in total. The van der Waals surface area contributed by atoms with Crippen LogP contribution in [-0.4, -0.2) is 59.7 Å². The molecule has 1 aliphatic heterocycles. The number of fused-ring (bicyclic) bond motifs is 1. The summed E-state index contributed by atoms with van der Waals surface area (Å²) in [5, 5.41) is 5.13. The summed E-state index contributed by atoms with van der Waals surface area (Å²) in [5.74, 6) is -0.589. The maximum atomic E-state index is 13.4. The van der Waals surface area contributed by atoms with Gasteiger partial charge in [0.25, 0.3) is 5.91 Å². The zero-order chi connectivity index (χ0) is 24.9. The maximum absolute atomic E-state index is 13.4. The molecule has 10 heteroatoms. The number of pyridine rings is 1. The van der Waals surface area contributed by atoms with Gasteiger partial charge in [-0.3, -0.25) is 4.79 Å². The Bertz CT molecular complexity index is 1410. The van der Waals surface area contributed by atoms with Crippen molar-refractivity contribution in [2.75, 3.05) is 23.5 Å². The number of aromatic nitrogens is 3. The number of sulfone groups is 1. The third-order valence-corrected chi connectivity index (χ3v) is 8.48. The average Bonchev–Trinajstić information content (AvgIpc) is 3.56. The summed E-state index contributed by atoms with van der Waals surface area (Å²) in [6, 6.07) is 10.6. The molecule has 1 aliphatic carbocycles. The third-order valence-electron chi connectivity index (χ3n) is 6.73. The normalized spacial score (nSPS) is 20.0. The number of anilines is 1. The van der Waals surface area contributed by atoms with Gasteiger partial charge in [-0.25, -0.2) is 22.9 Å². The van der Waals surface area contributed by atoms with E-state index in [2.05, 4.69) is 5.10 Å². The number of aryl methyl sites for hydroxylation is 1. The van der Waals surface area contributed by atoms with Gasteiger partial charge in [-0.15, -0.1) is 0 Å². The number of hydrogen-bond donors (Lipinski definition) is 0. The van der Waals surface area contributed by atoms with Crippen molar-refractivity contribution in [2.24, 2.45) is 0 Å². The second-order valence-electron chi connectivity index (χ2n) is 9.43. The van der Waals surface area contributed by atoms with Gasteiger partial charge < -0.3 is 9.64 Å². The predicted octanol–water partition coefficient (Wildman–Crippen LogP) is 3.19. The molecule has 1 saturated heterocycles. The molecule has 2 aromatic heterocycles. The van der Waals surface area contributed by atoms with Crippen molar-refractivity contribution < 1.29 is 22.7 Å². The van der Waals surface area contributed by atoms with E-state index in [0.717, 1.165) is 18.5 Å². The number of para-hydroxylation sites is 1. The number of hydrogen-bond acceptors (Lipinski definition) is 7. The summed E-state index contributed by atoms with van der Waals surface area (Å²) >= 11 is 0. The van der Waals surface area contributed by atoms with E-state index < -0.39 is 21.9 Å². The smallest absolute Gasteiger partial charge is 0.339 e. The molecule has 1 aromatic carbocycles. The summed E-state index contributed by atoms with van der Waals surface area (Å²) in [6.07, 6.45) is 1.42. The van der Waals surface area contributed by atoms with Gasteiger partial charge in [0.1, 0.15) is 0 Å². The molecule has 0 bridgehead atoms.